The average Bonchev–Trinajstić information content (AvgIpc) is 2.86. The summed E-state index contributed by atoms with van der Waals surface area (Å²) in [7, 11) is 0. The third-order valence-electron chi connectivity index (χ3n) is 2.79. The van der Waals surface area contributed by atoms with Gasteiger partial charge in [0.1, 0.15) is 5.69 Å². The molecule has 7 nitrogen and oxygen atoms in total. The lowest BCUT2D eigenvalue weighted by atomic mass is 10.2. The molecular formula is C13H16N4O3. The van der Waals surface area contributed by atoms with Gasteiger partial charge in [-0.2, -0.15) is 0 Å². The molecule has 1 aromatic heterocycles. The molecule has 1 unspecified atom stereocenters. The zero-order chi connectivity index (χ0) is 14.5. The van der Waals surface area contributed by atoms with Gasteiger partial charge >= 0.3 is 5.97 Å². The number of carboxylic acid groups (broad SMARTS) is 1. The second-order valence-electron chi connectivity index (χ2n) is 4.41. The molecule has 1 atom stereocenters. The molecule has 0 spiro atoms. The van der Waals surface area contributed by atoms with E-state index in [1.165, 1.54) is 10.9 Å². The Hall–Kier alpha value is -2.41. The highest BCUT2D eigenvalue weighted by Crippen LogP contribution is 2.18. The summed E-state index contributed by atoms with van der Waals surface area (Å²) in [6.07, 6.45) is 1.51. The van der Waals surface area contributed by atoms with Crippen LogP contribution in [0.15, 0.2) is 30.5 Å². The highest BCUT2D eigenvalue weighted by atomic mass is 16.4. The van der Waals surface area contributed by atoms with Crippen LogP contribution in [0.3, 0.4) is 0 Å². The molecule has 0 aliphatic carbocycles. The van der Waals surface area contributed by atoms with Gasteiger partial charge in [-0.05, 0) is 19.1 Å². The summed E-state index contributed by atoms with van der Waals surface area (Å²) in [5.74, 6) is -1.04. The molecule has 1 aromatic carbocycles. The molecule has 2 rings (SSSR count). The Morgan fingerprint density at radius 3 is 2.70 bits per heavy atom. The Bertz CT molecular complexity index is 580. The number of aromatic nitrogens is 3. The fraction of sp³-hybridized carbons (Fsp3) is 0.308. The van der Waals surface area contributed by atoms with Gasteiger partial charge in [0.15, 0.2) is 6.04 Å². The summed E-state index contributed by atoms with van der Waals surface area (Å²) in [4.78, 5) is 11.3. The molecule has 1 heterocycles. The van der Waals surface area contributed by atoms with Gasteiger partial charge < -0.3 is 15.5 Å². The maximum Gasteiger partial charge on any atom is 0.332 e. The second kappa shape index (κ2) is 6.16. The van der Waals surface area contributed by atoms with E-state index in [-0.39, 0.29) is 13.2 Å². The van der Waals surface area contributed by atoms with Crippen molar-refractivity contribution in [3.63, 3.8) is 0 Å². The fourth-order valence-electron chi connectivity index (χ4n) is 1.74. The van der Waals surface area contributed by atoms with Gasteiger partial charge in [0, 0.05) is 5.69 Å². The molecule has 3 N–H and O–H groups in total. The number of nitrogens with zero attached hydrogens (tertiary/aromatic N) is 3. The predicted octanol–water partition coefficient (Wildman–Crippen LogP) is 0.817. The molecule has 0 radical (unpaired) electrons. The number of aliphatic hydroxyl groups is 1. The first kappa shape index (κ1) is 14.0. The van der Waals surface area contributed by atoms with Crippen molar-refractivity contribution in [3.8, 4) is 0 Å². The number of hydrogen-bond acceptors (Lipinski definition) is 5. The van der Waals surface area contributed by atoms with Gasteiger partial charge in [-0.3, -0.25) is 0 Å². The van der Waals surface area contributed by atoms with Crippen LogP contribution in [0.1, 0.15) is 17.3 Å². The lowest BCUT2D eigenvalue weighted by Gasteiger charge is -2.13. The highest BCUT2D eigenvalue weighted by molar-refractivity contribution is 5.78. The van der Waals surface area contributed by atoms with Crippen molar-refractivity contribution in [1.82, 2.24) is 15.0 Å². The molecule has 0 aliphatic rings. The first-order chi connectivity index (χ1) is 9.60. The third kappa shape index (κ3) is 3.33. The summed E-state index contributed by atoms with van der Waals surface area (Å²) in [5.41, 5.74) is 2.09. The van der Waals surface area contributed by atoms with E-state index >= 15 is 0 Å². The normalized spacial score (nSPS) is 12.1. The standard InChI is InChI=1S/C13H16N4O3/c1-9-2-4-10(5-3-9)14-12(13(19)20)11-8-17(6-7-18)16-15-11/h2-5,8,12,14,18H,6-7H2,1H3,(H,19,20). The Morgan fingerprint density at radius 2 is 2.10 bits per heavy atom. The number of anilines is 1. The smallest absolute Gasteiger partial charge is 0.332 e. The largest absolute Gasteiger partial charge is 0.479 e. The SMILES string of the molecule is Cc1ccc(NC(C(=O)O)c2cn(CCO)nn2)cc1. The van der Waals surface area contributed by atoms with E-state index in [9.17, 15) is 9.90 Å². The average molecular weight is 276 g/mol. The highest BCUT2D eigenvalue weighted by Gasteiger charge is 2.23. The molecule has 106 valence electrons. The number of aryl methyl sites for hydroxylation is 1. The van der Waals surface area contributed by atoms with Gasteiger partial charge in [-0.1, -0.05) is 22.9 Å². The molecule has 0 saturated carbocycles. The van der Waals surface area contributed by atoms with Crippen LogP contribution in [-0.2, 0) is 11.3 Å². The lowest BCUT2D eigenvalue weighted by molar-refractivity contribution is -0.138. The molecule has 0 aliphatic heterocycles. The van der Waals surface area contributed by atoms with Gasteiger partial charge in [0.2, 0.25) is 0 Å². The van der Waals surface area contributed by atoms with Gasteiger partial charge in [0.25, 0.3) is 0 Å². The Kier molecular flexibility index (Phi) is 4.31. The van der Waals surface area contributed by atoms with Crippen molar-refractivity contribution in [1.29, 1.82) is 0 Å². The number of carboxylic acids is 1. The van der Waals surface area contributed by atoms with E-state index < -0.39 is 12.0 Å². The van der Waals surface area contributed by atoms with Crippen molar-refractivity contribution >= 4 is 11.7 Å². The van der Waals surface area contributed by atoms with E-state index in [0.29, 0.717) is 11.4 Å². The molecule has 0 saturated heterocycles. The van der Waals surface area contributed by atoms with Crippen LogP contribution in [0.25, 0.3) is 0 Å². The number of rotatable bonds is 6. The monoisotopic (exact) mass is 276 g/mol. The maximum atomic E-state index is 11.3. The molecule has 0 amide bonds. The van der Waals surface area contributed by atoms with E-state index in [0.717, 1.165) is 5.56 Å². The van der Waals surface area contributed by atoms with Crippen molar-refractivity contribution in [2.45, 2.75) is 19.5 Å². The summed E-state index contributed by atoms with van der Waals surface area (Å²) >= 11 is 0. The molecular weight excluding hydrogens is 260 g/mol. The van der Waals surface area contributed by atoms with Crippen LogP contribution in [0.2, 0.25) is 0 Å². The van der Waals surface area contributed by atoms with Crippen LogP contribution in [0, 0.1) is 6.92 Å². The van der Waals surface area contributed by atoms with E-state index in [1.807, 2.05) is 31.2 Å². The van der Waals surface area contributed by atoms with Crippen molar-refractivity contribution in [2.75, 3.05) is 11.9 Å². The number of nitrogens with one attached hydrogen (secondary N) is 1. The van der Waals surface area contributed by atoms with E-state index in [1.54, 1.807) is 0 Å². The zero-order valence-electron chi connectivity index (χ0n) is 11.0. The van der Waals surface area contributed by atoms with E-state index in [2.05, 4.69) is 15.6 Å². The topological polar surface area (TPSA) is 100 Å². The first-order valence-corrected chi connectivity index (χ1v) is 6.17. The lowest BCUT2D eigenvalue weighted by Crippen LogP contribution is -2.21. The number of aliphatic hydroxyl groups excluding tert-OH is 1. The van der Waals surface area contributed by atoms with Crippen LogP contribution in [0.4, 0.5) is 5.69 Å². The van der Waals surface area contributed by atoms with E-state index in [4.69, 9.17) is 5.11 Å². The minimum Gasteiger partial charge on any atom is -0.479 e. The summed E-state index contributed by atoms with van der Waals surface area (Å²) in [6, 6.07) is 6.42. The molecule has 20 heavy (non-hydrogen) atoms. The molecule has 2 aromatic rings. The molecule has 0 bridgehead atoms. The summed E-state index contributed by atoms with van der Waals surface area (Å²) in [6.45, 7) is 2.16. The third-order valence-corrected chi connectivity index (χ3v) is 2.79. The van der Waals surface area contributed by atoms with Crippen LogP contribution in [-0.4, -0.2) is 37.8 Å². The van der Waals surface area contributed by atoms with Gasteiger partial charge in [-0.15, -0.1) is 5.10 Å². The summed E-state index contributed by atoms with van der Waals surface area (Å²) in [5, 5.41) is 28.6. The Labute approximate surface area is 115 Å². The van der Waals surface area contributed by atoms with Crippen molar-refractivity contribution in [2.24, 2.45) is 0 Å². The molecule has 0 fully saturated rings. The Balaban J connectivity index is 2.17. The van der Waals surface area contributed by atoms with Crippen LogP contribution in [0.5, 0.6) is 0 Å². The van der Waals surface area contributed by atoms with Crippen LogP contribution < -0.4 is 5.32 Å². The van der Waals surface area contributed by atoms with Gasteiger partial charge in [0.05, 0.1) is 19.3 Å². The quantitative estimate of drug-likeness (QED) is 0.722. The number of aliphatic carboxylic acids is 1. The minimum absolute atomic E-state index is 0.0775. The number of benzene rings is 1. The number of hydrogen-bond donors (Lipinski definition) is 3. The zero-order valence-corrected chi connectivity index (χ0v) is 11.0. The fourth-order valence-corrected chi connectivity index (χ4v) is 1.74. The predicted molar refractivity (Wildman–Crippen MR) is 72.3 cm³/mol. The van der Waals surface area contributed by atoms with Crippen molar-refractivity contribution in [3.05, 3.63) is 41.7 Å². The summed E-state index contributed by atoms with van der Waals surface area (Å²) < 4.78 is 1.40. The molecule has 7 heteroatoms. The Morgan fingerprint density at radius 1 is 1.40 bits per heavy atom. The van der Waals surface area contributed by atoms with Crippen LogP contribution >= 0.6 is 0 Å². The number of carbonyl (C=O) groups is 1. The van der Waals surface area contributed by atoms with Crippen molar-refractivity contribution < 1.29 is 15.0 Å². The van der Waals surface area contributed by atoms with Gasteiger partial charge in [-0.25, -0.2) is 9.48 Å². The first-order valence-electron chi connectivity index (χ1n) is 6.17. The second-order valence-corrected chi connectivity index (χ2v) is 4.41. The minimum atomic E-state index is -1.04. The maximum absolute atomic E-state index is 11.3.